The highest BCUT2D eigenvalue weighted by Gasteiger charge is 2.21. The van der Waals surface area contributed by atoms with Gasteiger partial charge in [-0.2, -0.15) is 0 Å². The Balaban J connectivity index is 0.00000162. The molecule has 0 atom stereocenters. The van der Waals surface area contributed by atoms with E-state index in [2.05, 4.69) is 0 Å². The summed E-state index contributed by atoms with van der Waals surface area (Å²) in [6.07, 6.45) is 1.77. The standard InChI is InChI=1S/C13H17ClN2O.ClH/c1-9-8-10(2-3-12(9)14)13(17)16-6-4-11(15)5-7-16;/h2-3,8,11H,4-7,15H2,1H3;1H. The largest absolute Gasteiger partial charge is 0.339 e. The number of amides is 1. The van der Waals surface area contributed by atoms with Gasteiger partial charge in [0.1, 0.15) is 0 Å². The smallest absolute Gasteiger partial charge is 0.253 e. The number of rotatable bonds is 1. The molecule has 2 N–H and O–H groups in total. The molecule has 0 saturated carbocycles. The van der Waals surface area contributed by atoms with Crippen LogP contribution < -0.4 is 5.73 Å². The van der Waals surface area contributed by atoms with E-state index in [-0.39, 0.29) is 24.4 Å². The molecule has 1 aromatic rings. The Morgan fingerprint density at radius 2 is 2.00 bits per heavy atom. The van der Waals surface area contributed by atoms with Crippen molar-refractivity contribution in [2.45, 2.75) is 25.8 Å². The van der Waals surface area contributed by atoms with Crippen LogP contribution in [-0.4, -0.2) is 29.9 Å². The Morgan fingerprint density at radius 3 is 2.56 bits per heavy atom. The van der Waals surface area contributed by atoms with E-state index in [0.29, 0.717) is 10.6 Å². The van der Waals surface area contributed by atoms with Crippen LogP contribution in [0.4, 0.5) is 0 Å². The molecule has 0 spiro atoms. The summed E-state index contributed by atoms with van der Waals surface area (Å²) in [4.78, 5) is 14.1. The number of hydrogen-bond donors (Lipinski definition) is 1. The summed E-state index contributed by atoms with van der Waals surface area (Å²) >= 11 is 5.95. The third-order valence-corrected chi connectivity index (χ3v) is 3.66. The van der Waals surface area contributed by atoms with E-state index in [1.807, 2.05) is 17.9 Å². The average Bonchev–Trinajstić information content (AvgIpc) is 2.33. The van der Waals surface area contributed by atoms with Crippen molar-refractivity contribution < 1.29 is 4.79 Å². The molecule has 0 aliphatic carbocycles. The number of aryl methyl sites for hydroxylation is 1. The number of piperidine rings is 1. The van der Waals surface area contributed by atoms with E-state index in [0.717, 1.165) is 31.5 Å². The van der Waals surface area contributed by atoms with Crippen molar-refractivity contribution in [2.24, 2.45) is 5.73 Å². The van der Waals surface area contributed by atoms with Gasteiger partial charge in [0.25, 0.3) is 5.91 Å². The Labute approximate surface area is 119 Å². The SMILES string of the molecule is Cc1cc(C(=O)N2CCC(N)CC2)ccc1Cl.Cl. The number of likely N-dealkylation sites (tertiary alicyclic amines) is 1. The lowest BCUT2D eigenvalue weighted by Crippen LogP contribution is -2.42. The van der Waals surface area contributed by atoms with E-state index in [1.54, 1.807) is 12.1 Å². The second kappa shape index (κ2) is 6.41. The molecule has 1 aliphatic rings. The second-order valence-electron chi connectivity index (χ2n) is 4.59. The van der Waals surface area contributed by atoms with Crippen LogP contribution in [0.15, 0.2) is 18.2 Å². The number of benzene rings is 1. The van der Waals surface area contributed by atoms with Crippen molar-refractivity contribution in [2.75, 3.05) is 13.1 Å². The molecule has 18 heavy (non-hydrogen) atoms. The molecule has 1 saturated heterocycles. The first kappa shape index (κ1) is 15.3. The van der Waals surface area contributed by atoms with Gasteiger partial charge in [0.15, 0.2) is 0 Å². The van der Waals surface area contributed by atoms with E-state index in [9.17, 15) is 4.79 Å². The van der Waals surface area contributed by atoms with Gasteiger partial charge in [-0.25, -0.2) is 0 Å². The van der Waals surface area contributed by atoms with Gasteiger partial charge in [0, 0.05) is 29.7 Å². The van der Waals surface area contributed by atoms with Crippen LogP contribution in [-0.2, 0) is 0 Å². The van der Waals surface area contributed by atoms with Crippen LogP contribution in [0.5, 0.6) is 0 Å². The van der Waals surface area contributed by atoms with Crippen molar-refractivity contribution in [3.8, 4) is 0 Å². The molecule has 5 heteroatoms. The molecular formula is C13H18Cl2N2O. The van der Waals surface area contributed by atoms with E-state index in [1.165, 1.54) is 0 Å². The van der Waals surface area contributed by atoms with Gasteiger partial charge >= 0.3 is 0 Å². The van der Waals surface area contributed by atoms with Crippen LogP contribution >= 0.6 is 24.0 Å². The Morgan fingerprint density at radius 1 is 1.39 bits per heavy atom. The summed E-state index contributed by atoms with van der Waals surface area (Å²) in [5.41, 5.74) is 7.47. The summed E-state index contributed by atoms with van der Waals surface area (Å²) in [6.45, 7) is 3.41. The lowest BCUT2D eigenvalue weighted by molar-refractivity contribution is 0.0714. The molecule has 100 valence electrons. The molecular weight excluding hydrogens is 271 g/mol. The number of carbonyl (C=O) groups is 1. The summed E-state index contributed by atoms with van der Waals surface area (Å²) in [5.74, 6) is 0.0802. The van der Waals surface area contributed by atoms with Gasteiger partial charge in [-0.3, -0.25) is 4.79 Å². The third kappa shape index (κ3) is 3.37. The zero-order valence-corrected chi connectivity index (χ0v) is 11.9. The normalized spacial score (nSPS) is 16.3. The third-order valence-electron chi connectivity index (χ3n) is 3.23. The Hall–Kier alpha value is -0.770. The highest BCUT2D eigenvalue weighted by molar-refractivity contribution is 6.31. The second-order valence-corrected chi connectivity index (χ2v) is 5.00. The Bertz CT molecular complexity index is 429. The molecule has 1 fully saturated rings. The van der Waals surface area contributed by atoms with Gasteiger partial charge in [-0.15, -0.1) is 12.4 Å². The van der Waals surface area contributed by atoms with Crippen LogP contribution in [0, 0.1) is 6.92 Å². The maximum Gasteiger partial charge on any atom is 0.253 e. The zero-order valence-electron chi connectivity index (χ0n) is 10.4. The maximum absolute atomic E-state index is 12.2. The predicted molar refractivity (Wildman–Crippen MR) is 76.5 cm³/mol. The number of halogens is 2. The molecule has 3 nitrogen and oxygen atoms in total. The Kier molecular flexibility index (Phi) is 5.45. The van der Waals surface area contributed by atoms with Crippen molar-refractivity contribution in [1.82, 2.24) is 4.90 Å². The average molecular weight is 289 g/mol. The fourth-order valence-electron chi connectivity index (χ4n) is 2.06. The number of nitrogens with zero attached hydrogens (tertiary/aromatic N) is 1. The molecule has 0 radical (unpaired) electrons. The van der Waals surface area contributed by atoms with E-state index < -0.39 is 0 Å². The first-order valence-corrected chi connectivity index (χ1v) is 6.26. The lowest BCUT2D eigenvalue weighted by Gasteiger charge is -2.30. The van der Waals surface area contributed by atoms with Crippen LogP contribution in [0.1, 0.15) is 28.8 Å². The minimum atomic E-state index is 0. The van der Waals surface area contributed by atoms with Crippen molar-refractivity contribution in [1.29, 1.82) is 0 Å². The topological polar surface area (TPSA) is 46.3 Å². The van der Waals surface area contributed by atoms with Gasteiger partial charge in [-0.05, 0) is 43.5 Å². The van der Waals surface area contributed by atoms with Crippen LogP contribution in [0.2, 0.25) is 5.02 Å². The van der Waals surface area contributed by atoms with E-state index >= 15 is 0 Å². The minimum Gasteiger partial charge on any atom is -0.339 e. The first-order chi connectivity index (χ1) is 8.08. The summed E-state index contributed by atoms with van der Waals surface area (Å²) in [7, 11) is 0. The van der Waals surface area contributed by atoms with Crippen molar-refractivity contribution in [3.63, 3.8) is 0 Å². The van der Waals surface area contributed by atoms with Crippen LogP contribution in [0.25, 0.3) is 0 Å². The first-order valence-electron chi connectivity index (χ1n) is 5.89. The highest BCUT2D eigenvalue weighted by atomic mass is 35.5. The van der Waals surface area contributed by atoms with Gasteiger partial charge in [-0.1, -0.05) is 11.6 Å². The molecule has 1 amide bonds. The van der Waals surface area contributed by atoms with Gasteiger partial charge < -0.3 is 10.6 Å². The summed E-state index contributed by atoms with van der Waals surface area (Å²) in [6, 6.07) is 5.65. The highest BCUT2D eigenvalue weighted by Crippen LogP contribution is 2.19. The fraction of sp³-hybridized carbons (Fsp3) is 0.462. The monoisotopic (exact) mass is 288 g/mol. The molecule has 0 bridgehead atoms. The van der Waals surface area contributed by atoms with Crippen LogP contribution in [0.3, 0.4) is 0 Å². The molecule has 1 aliphatic heterocycles. The van der Waals surface area contributed by atoms with Gasteiger partial charge in [0.2, 0.25) is 0 Å². The lowest BCUT2D eigenvalue weighted by atomic mass is 10.0. The molecule has 0 unspecified atom stereocenters. The molecule has 1 aromatic carbocycles. The molecule has 2 rings (SSSR count). The minimum absolute atomic E-state index is 0. The maximum atomic E-state index is 12.2. The molecule has 0 aromatic heterocycles. The summed E-state index contributed by atoms with van der Waals surface area (Å²) in [5, 5.41) is 0.696. The number of hydrogen-bond acceptors (Lipinski definition) is 2. The predicted octanol–water partition coefficient (Wildman–Crippen LogP) is 2.63. The quantitative estimate of drug-likeness (QED) is 0.864. The van der Waals surface area contributed by atoms with Gasteiger partial charge in [0.05, 0.1) is 0 Å². The fourth-order valence-corrected chi connectivity index (χ4v) is 2.18. The number of carbonyl (C=O) groups excluding carboxylic acids is 1. The van der Waals surface area contributed by atoms with Crippen molar-refractivity contribution in [3.05, 3.63) is 34.3 Å². The number of nitrogens with two attached hydrogens (primary N) is 1. The van der Waals surface area contributed by atoms with Crippen molar-refractivity contribution >= 4 is 29.9 Å². The molecule has 1 heterocycles. The zero-order chi connectivity index (χ0) is 12.4. The van der Waals surface area contributed by atoms with E-state index in [4.69, 9.17) is 17.3 Å². The summed E-state index contributed by atoms with van der Waals surface area (Å²) < 4.78 is 0.